The molecule has 0 fully saturated rings. The van der Waals surface area contributed by atoms with Gasteiger partial charge in [0, 0.05) is 22.3 Å². The number of allylic oxidation sites excluding steroid dienone is 2. The Labute approximate surface area is 332 Å². The minimum absolute atomic E-state index is 0. The number of nitrogens with zero attached hydrogens (tertiary/aromatic N) is 2. The van der Waals surface area contributed by atoms with E-state index in [1.807, 2.05) is 38.1 Å². The molecule has 2 aliphatic rings. The summed E-state index contributed by atoms with van der Waals surface area (Å²) in [6.07, 6.45) is 1.94. The largest absolute Gasteiger partial charge is 1.00 e. The van der Waals surface area contributed by atoms with E-state index in [0.29, 0.717) is 11.4 Å². The van der Waals surface area contributed by atoms with Crippen molar-refractivity contribution in [2.45, 2.75) is 13.8 Å². The molecule has 12 nitrogen and oxygen atoms in total. The zero-order valence-electron chi connectivity index (χ0n) is 27.2. The second kappa shape index (κ2) is 15.4. The van der Waals surface area contributed by atoms with Gasteiger partial charge in [0.25, 0.3) is 0 Å². The van der Waals surface area contributed by atoms with E-state index >= 15 is 0 Å². The third-order valence-corrected chi connectivity index (χ3v) is 9.55. The van der Waals surface area contributed by atoms with Crippen LogP contribution in [0.5, 0.6) is 0 Å². The summed E-state index contributed by atoms with van der Waals surface area (Å²) in [4.78, 5) is 24.9. The first-order valence-electron chi connectivity index (χ1n) is 14.2. The fourth-order valence-corrected chi connectivity index (χ4v) is 6.77. The molecular weight excluding hydrogens is 703 g/mol. The van der Waals surface area contributed by atoms with Crippen LogP contribution >= 0.6 is 0 Å². The number of hydrogen-bond acceptors (Lipinski definition) is 12. The smallest absolute Gasteiger partial charge is 0.744 e. The van der Waals surface area contributed by atoms with Gasteiger partial charge >= 0.3 is 59.1 Å². The predicted octanol–water partition coefficient (Wildman–Crippen LogP) is -0.921. The summed E-state index contributed by atoms with van der Waals surface area (Å²) in [7, 11) is -9.74. The zero-order valence-corrected chi connectivity index (χ0v) is 32.8. The molecule has 2 aliphatic carbocycles. The quantitative estimate of drug-likeness (QED) is 0.137. The zero-order chi connectivity index (χ0) is 34.4. The number of aryl methyl sites for hydroxylation is 2. The average molecular weight is 727 g/mol. The summed E-state index contributed by atoms with van der Waals surface area (Å²) in [5, 5.41) is 8.24. The van der Waals surface area contributed by atoms with Crippen molar-refractivity contribution in [2.24, 2.45) is 10.2 Å². The topological polar surface area (TPSA) is 197 Å². The summed E-state index contributed by atoms with van der Waals surface area (Å²) in [6.45, 7) is 3.63. The van der Waals surface area contributed by atoms with Crippen LogP contribution in [0.4, 0.5) is 11.4 Å². The standard InChI is InChI=1S/C34H26N4O8S2.2Na/c1-19-15-21(11-13-27(19)35-37-29-17-31(47(41,42)43)23-7-3-5-9-25(23)33(29)39)22-12-14-28(20(2)16-22)36-38-30-18-32(48(44,45)46)24-8-4-6-10-26(24)34(30)40;;/h3-18,35-36H,1-2H3,(H,41,42,43)(H,44,45,46);;/q;2*+1/p-2/b37-29+,38-30+;;. The molecule has 0 atom stereocenters. The van der Waals surface area contributed by atoms with Gasteiger partial charge in [-0.05, 0) is 72.5 Å². The minimum Gasteiger partial charge on any atom is -0.744 e. The van der Waals surface area contributed by atoms with Crippen LogP contribution in [0.1, 0.15) is 43.0 Å². The molecule has 0 bridgehead atoms. The fraction of sp³-hybridized carbons (Fsp3) is 0.0588. The van der Waals surface area contributed by atoms with E-state index in [4.69, 9.17) is 0 Å². The number of ketones is 2. The predicted molar refractivity (Wildman–Crippen MR) is 180 cm³/mol. The van der Waals surface area contributed by atoms with Gasteiger partial charge in [0.15, 0.2) is 0 Å². The van der Waals surface area contributed by atoms with E-state index in [2.05, 4.69) is 21.1 Å². The molecule has 0 aromatic heterocycles. The van der Waals surface area contributed by atoms with E-state index in [0.717, 1.165) is 34.4 Å². The number of anilines is 2. The normalized spacial score (nSPS) is 15.6. The summed E-state index contributed by atoms with van der Waals surface area (Å²) >= 11 is 0. The van der Waals surface area contributed by atoms with Crippen LogP contribution in [0.3, 0.4) is 0 Å². The number of nitrogens with one attached hydrogen (secondary N) is 2. The SMILES string of the molecule is Cc1cc(-c2ccc(N/N=C3\C=C(S(=O)(=O)[O-])c4ccccc4C3=O)c(C)c2)ccc1N/N=C1\C=C(S(=O)(=O)[O-])c2ccccc2C1=O.[Na+].[Na+]. The Morgan fingerprint density at radius 3 is 1.20 bits per heavy atom. The fourth-order valence-electron chi connectivity index (χ4n) is 5.36. The van der Waals surface area contributed by atoms with Crippen molar-refractivity contribution >= 4 is 64.4 Å². The number of carbonyl (C=O) groups is 2. The Balaban J connectivity index is 0.00000281. The van der Waals surface area contributed by atoms with Crippen molar-refractivity contribution < 1.29 is 94.6 Å². The van der Waals surface area contributed by atoms with Gasteiger partial charge in [-0.25, -0.2) is 16.8 Å². The minimum atomic E-state index is -4.87. The molecule has 2 N–H and O–H groups in total. The van der Waals surface area contributed by atoms with Gasteiger partial charge in [0.05, 0.1) is 21.2 Å². The Kier molecular flexibility index (Phi) is 12.1. The summed E-state index contributed by atoms with van der Waals surface area (Å²) in [6, 6.07) is 22.7. The van der Waals surface area contributed by atoms with Gasteiger partial charge in [-0.3, -0.25) is 20.4 Å². The average Bonchev–Trinajstić information content (AvgIpc) is 3.04. The summed E-state index contributed by atoms with van der Waals surface area (Å²) < 4.78 is 71.3. The molecule has 0 saturated heterocycles. The monoisotopic (exact) mass is 726 g/mol. The first kappa shape index (κ1) is 39.2. The molecule has 50 heavy (non-hydrogen) atoms. The number of benzene rings is 4. The van der Waals surface area contributed by atoms with Gasteiger partial charge in [-0.1, -0.05) is 60.7 Å². The van der Waals surface area contributed by atoms with Gasteiger partial charge in [0.2, 0.25) is 11.6 Å². The van der Waals surface area contributed by atoms with Crippen LogP contribution in [0.15, 0.2) is 107 Å². The van der Waals surface area contributed by atoms with Crippen LogP contribution < -0.4 is 70.0 Å². The molecule has 0 unspecified atom stereocenters. The van der Waals surface area contributed by atoms with Gasteiger partial charge < -0.3 is 9.11 Å². The molecule has 0 aliphatic heterocycles. The molecule has 0 spiro atoms. The Hall–Kier alpha value is -3.54. The molecule has 16 heteroatoms. The molecule has 242 valence electrons. The third-order valence-electron chi connectivity index (χ3n) is 7.79. The van der Waals surface area contributed by atoms with Crippen molar-refractivity contribution in [3.05, 3.63) is 130 Å². The number of fused-ring (bicyclic) bond motifs is 2. The molecule has 0 heterocycles. The molecule has 0 radical (unpaired) electrons. The molecule has 0 saturated carbocycles. The van der Waals surface area contributed by atoms with E-state index in [-0.39, 0.29) is 92.8 Å². The van der Waals surface area contributed by atoms with Crippen molar-refractivity contribution in [3.8, 4) is 11.1 Å². The maximum absolute atomic E-state index is 13.0. The van der Waals surface area contributed by atoms with Gasteiger partial charge in [-0.2, -0.15) is 10.2 Å². The van der Waals surface area contributed by atoms with E-state index in [9.17, 15) is 35.5 Å². The number of hydrazone groups is 2. The maximum Gasteiger partial charge on any atom is 1.00 e. The maximum atomic E-state index is 13.0. The Morgan fingerprint density at radius 1 is 0.540 bits per heavy atom. The third kappa shape index (κ3) is 8.00. The van der Waals surface area contributed by atoms with Crippen LogP contribution in [0.2, 0.25) is 0 Å². The van der Waals surface area contributed by atoms with Crippen LogP contribution in [0.25, 0.3) is 20.9 Å². The van der Waals surface area contributed by atoms with E-state index in [1.165, 1.54) is 36.4 Å². The van der Waals surface area contributed by atoms with E-state index in [1.54, 1.807) is 24.3 Å². The second-order valence-corrected chi connectivity index (χ2v) is 13.6. The summed E-state index contributed by atoms with van der Waals surface area (Å²) in [5.41, 5.74) is 9.58. The van der Waals surface area contributed by atoms with Crippen molar-refractivity contribution in [3.63, 3.8) is 0 Å². The molecular formula is C34H24N4Na2O8S2. The number of Topliss-reactive ketones (excluding diaryl/α,β-unsaturated/α-hetero) is 2. The van der Waals surface area contributed by atoms with Crippen molar-refractivity contribution in [2.75, 3.05) is 10.9 Å². The van der Waals surface area contributed by atoms with Crippen LogP contribution in [-0.4, -0.2) is 48.9 Å². The first-order valence-corrected chi connectivity index (χ1v) is 17.1. The van der Waals surface area contributed by atoms with Crippen LogP contribution in [-0.2, 0) is 20.2 Å². The van der Waals surface area contributed by atoms with Gasteiger partial charge in [-0.15, -0.1) is 0 Å². The molecule has 4 aromatic rings. The Bertz CT molecular complexity index is 2250. The van der Waals surface area contributed by atoms with E-state index < -0.39 is 41.6 Å². The van der Waals surface area contributed by atoms with Crippen LogP contribution in [0, 0.1) is 13.8 Å². The summed E-state index contributed by atoms with van der Waals surface area (Å²) in [5.74, 6) is -1.06. The number of hydrogen-bond donors (Lipinski definition) is 2. The molecule has 6 rings (SSSR count). The number of rotatable bonds is 7. The molecule has 4 aromatic carbocycles. The van der Waals surface area contributed by atoms with Gasteiger partial charge in [0.1, 0.15) is 31.7 Å². The second-order valence-electron chi connectivity index (χ2n) is 11.0. The first-order chi connectivity index (χ1) is 22.7. The number of carbonyl (C=O) groups excluding carboxylic acids is 2. The van der Waals surface area contributed by atoms with Crippen molar-refractivity contribution in [1.82, 2.24) is 0 Å². The van der Waals surface area contributed by atoms with Crippen molar-refractivity contribution in [1.29, 1.82) is 0 Å². The molecule has 0 amide bonds. The Morgan fingerprint density at radius 2 is 0.880 bits per heavy atom.